The number of hydrogen-bond donors (Lipinski definition) is 1. The number of carbonyl (C=O) groups is 1. The smallest absolute Gasteiger partial charge is 0.259 e. The molecule has 0 bridgehead atoms. The van der Waals surface area contributed by atoms with Crippen molar-refractivity contribution in [2.45, 2.75) is 6.92 Å². The number of oxazole rings is 1. The van der Waals surface area contributed by atoms with Gasteiger partial charge in [0.05, 0.1) is 19.8 Å². The number of carbonyl (C=O) groups excluding carboxylic acids is 1. The number of aryl methyl sites for hydroxylation is 1. The first-order valence-electron chi connectivity index (χ1n) is 7.01. The Morgan fingerprint density at radius 2 is 1.96 bits per heavy atom. The lowest BCUT2D eigenvalue weighted by Crippen LogP contribution is -2.13. The third kappa shape index (κ3) is 2.96. The lowest BCUT2D eigenvalue weighted by atomic mass is 10.1. The highest BCUT2D eigenvalue weighted by Gasteiger charge is 2.14. The first-order chi connectivity index (χ1) is 11.1. The van der Waals surface area contributed by atoms with E-state index < -0.39 is 0 Å². The summed E-state index contributed by atoms with van der Waals surface area (Å²) in [5, 5.41) is 2.83. The van der Waals surface area contributed by atoms with Crippen LogP contribution in [0.4, 0.5) is 5.69 Å². The van der Waals surface area contributed by atoms with Crippen LogP contribution in [0.2, 0.25) is 0 Å². The molecule has 0 aliphatic carbocycles. The van der Waals surface area contributed by atoms with E-state index >= 15 is 0 Å². The van der Waals surface area contributed by atoms with E-state index in [0.717, 1.165) is 0 Å². The Hall–Kier alpha value is -3.02. The molecule has 0 atom stereocenters. The van der Waals surface area contributed by atoms with Crippen LogP contribution in [0.15, 0.2) is 40.8 Å². The summed E-state index contributed by atoms with van der Waals surface area (Å²) in [6, 6.07) is 10.3. The fourth-order valence-corrected chi connectivity index (χ4v) is 2.30. The van der Waals surface area contributed by atoms with Gasteiger partial charge in [-0.2, -0.15) is 0 Å². The average molecular weight is 312 g/mol. The summed E-state index contributed by atoms with van der Waals surface area (Å²) in [6.45, 7) is 1.78. The number of methoxy groups -OCH3 is 2. The van der Waals surface area contributed by atoms with E-state index in [1.165, 1.54) is 7.11 Å². The zero-order valence-electron chi connectivity index (χ0n) is 13.0. The molecule has 0 unspecified atom stereocenters. The van der Waals surface area contributed by atoms with Crippen LogP contribution in [-0.4, -0.2) is 25.1 Å². The van der Waals surface area contributed by atoms with Gasteiger partial charge in [0.1, 0.15) is 17.0 Å². The van der Waals surface area contributed by atoms with Crippen molar-refractivity contribution in [3.8, 4) is 11.5 Å². The lowest BCUT2D eigenvalue weighted by Gasteiger charge is -2.10. The third-order valence-electron chi connectivity index (χ3n) is 3.41. The van der Waals surface area contributed by atoms with Crippen molar-refractivity contribution in [1.29, 1.82) is 0 Å². The van der Waals surface area contributed by atoms with E-state index in [1.54, 1.807) is 50.4 Å². The van der Waals surface area contributed by atoms with Crippen LogP contribution in [0.1, 0.15) is 16.2 Å². The molecule has 3 rings (SSSR count). The van der Waals surface area contributed by atoms with Gasteiger partial charge in [0.2, 0.25) is 0 Å². The van der Waals surface area contributed by atoms with E-state index in [1.807, 2.05) is 0 Å². The normalized spacial score (nSPS) is 10.6. The van der Waals surface area contributed by atoms with Crippen LogP contribution < -0.4 is 14.8 Å². The van der Waals surface area contributed by atoms with Gasteiger partial charge in [0.25, 0.3) is 5.91 Å². The molecule has 1 heterocycles. The molecule has 0 fully saturated rings. The second-order valence-corrected chi connectivity index (χ2v) is 4.94. The summed E-state index contributed by atoms with van der Waals surface area (Å²) in [5.74, 6) is 1.38. The Morgan fingerprint density at radius 3 is 2.70 bits per heavy atom. The molecule has 0 aliphatic rings. The molecular formula is C17H16N2O4. The molecule has 118 valence electrons. The highest BCUT2D eigenvalue weighted by molar-refractivity contribution is 6.06. The van der Waals surface area contributed by atoms with Gasteiger partial charge in [-0.05, 0) is 30.3 Å². The van der Waals surface area contributed by atoms with E-state index in [9.17, 15) is 4.79 Å². The standard InChI is InChI=1S/C17H16N2O4/c1-10-18-14-8-11(4-7-15(14)23-10)19-17(20)13-6-5-12(21-2)9-16(13)22-3/h4-9H,1-3H3,(H,19,20). The monoisotopic (exact) mass is 312 g/mol. The van der Waals surface area contributed by atoms with Crippen molar-refractivity contribution in [3.05, 3.63) is 47.9 Å². The Balaban J connectivity index is 1.87. The summed E-state index contributed by atoms with van der Waals surface area (Å²) >= 11 is 0. The predicted molar refractivity (Wildman–Crippen MR) is 86.2 cm³/mol. The van der Waals surface area contributed by atoms with Gasteiger partial charge in [-0.1, -0.05) is 0 Å². The largest absolute Gasteiger partial charge is 0.497 e. The summed E-state index contributed by atoms with van der Waals surface area (Å²) in [5.41, 5.74) is 2.43. The third-order valence-corrected chi connectivity index (χ3v) is 3.41. The number of amides is 1. The Labute approximate surface area is 133 Å². The topological polar surface area (TPSA) is 73.6 Å². The lowest BCUT2D eigenvalue weighted by molar-refractivity contribution is 0.102. The number of rotatable bonds is 4. The average Bonchev–Trinajstić information content (AvgIpc) is 2.93. The molecule has 0 saturated carbocycles. The van der Waals surface area contributed by atoms with Crippen molar-refractivity contribution in [3.63, 3.8) is 0 Å². The van der Waals surface area contributed by atoms with Crippen molar-refractivity contribution in [2.75, 3.05) is 19.5 Å². The molecule has 23 heavy (non-hydrogen) atoms. The van der Waals surface area contributed by atoms with E-state index in [-0.39, 0.29) is 5.91 Å². The number of nitrogens with zero attached hydrogens (tertiary/aromatic N) is 1. The number of benzene rings is 2. The Morgan fingerprint density at radius 1 is 1.13 bits per heavy atom. The number of ether oxygens (including phenoxy) is 2. The van der Waals surface area contributed by atoms with Crippen molar-refractivity contribution in [2.24, 2.45) is 0 Å². The molecular weight excluding hydrogens is 296 g/mol. The van der Waals surface area contributed by atoms with Gasteiger partial charge < -0.3 is 19.2 Å². The summed E-state index contributed by atoms with van der Waals surface area (Å²) in [4.78, 5) is 16.7. The first-order valence-corrected chi connectivity index (χ1v) is 7.01. The molecule has 6 nitrogen and oxygen atoms in total. The number of aromatic nitrogens is 1. The fourth-order valence-electron chi connectivity index (χ4n) is 2.30. The van der Waals surface area contributed by atoms with E-state index in [4.69, 9.17) is 13.9 Å². The van der Waals surface area contributed by atoms with Crippen LogP contribution in [0.5, 0.6) is 11.5 Å². The number of nitrogens with one attached hydrogen (secondary N) is 1. The number of hydrogen-bond acceptors (Lipinski definition) is 5. The second-order valence-electron chi connectivity index (χ2n) is 4.94. The van der Waals surface area contributed by atoms with Gasteiger partial charge in [-0.25, -0.2) is 4.98 Å². The van der Waals surface area contributed by atoms with E-state index in [0.29, 0.717) is 39.7 Å². The van der Waals surface area contributed by atoms with Gasteiger partial charge in [0, 0.05) is 18.7 Å². The summed E-state index contributed by atoms with van der Waals surface area (Å²) < 4.78 is 15.8. The number of fused-ring (bicyclic) bond motifs is 1. The van der Waals surface area contributed by atoms with Gasteiger partial charge in [-0.15, -0.1) is 0 Å². The minimum absolute atomic E-state index is 0.274. The maximum atomic E-state index is 12.5. The molecule has 6 heteroatoms. The minimum Gasteiger partial charge on any atom is -0.497 e. The summed E-state index contributed by atoms with van der Waals surface area (Å²) in [7, 11) is 3.07. The molecule has 0 saturated heterocycles. The molecule has 3 aromatic rings. The SMILES string of the molecule is COc1ccc(C(=O)Nc2ccc3oc(C)nc3c2)c(OC)c1. The molecule has 0 aliphatic heterocycles. The maximum Gasteiger partial charge on any atom is 0.259 e. The molecule has 0 spiro atoms. The fraction of sp³-hybridized carbons (Fsp3) is 0.176. The summed E-state index contributed by atoms with van der Waals surface area (Å²) in [6.07, 6.45) is 0. The zero-order chi connectivity index (χ0) is 16.4. The van der Waals surface area contributed by atoms with Gasteiger partial charge in [0.15, 0.2) is 11.5 Å². The van der Waals surface area contributed by atoms with Crippen molar-refractivity contribution < 1.29 is 18.7 Å². The van der Waals surface area contributed by atoms with Crippen LogP contribution in [0.25, 0.3) is 11.1 Å². The minimum atomic E-state index is -0.274. The molecule has 1 amide bonds. The quantitative estimate of drug-likeness (QED) is 0.799. The first kappa shape index (κ1) is 14.9. The molecule has 2 aromatic carbocycles. The molecule has 1 aromatic heterocycles. The maximum absolute atomic E-state index is 12.5. The highest BCUT2D eigenvalue weighted by Crippen LogP contribution is 2.26. The van der Waals surface area contributed by atoms with Crippen molar-refractivity contribution in [1.82, 2.24) is 4.98 Å². The van der Waals surface area contributed by atoms with Crippen LogP contribution >= 0.6 is 0 Å². The highest BCUT2D eigenvalue weighted by atomic mass is 16.5. The second kappa shape index (κ2) is 6.00. The number of anilines is 1. The van der Waals surface area contributed by atoms with Crippen LogP contribution in [-0.2, 0) is 0 Å². The predicted octanol–water partition coefficient (Wildman–Crippen LogP) is 3.41. The molecule has 0 radical (unpaired) electrons. The zero-order valence-corrected chi connectivity index (χ0v) is 13.0. The van der Waals surface area contributed by atoms with Crippen LogP contribution in [0.3, 0.4) is 0 Å². The molecule has 1 N–H and O–H groups in total. The Bertz CT molecular complexity index is 870. The van der Waals surface area contributed by atoms with Gasteiger partial charge >= 0.3 is 0 Å². The Kier molecular flexibility index (Phi) is 3.89. The van der Waals surface area contributed by atoms with Crippen molar-refractivity contribution >= 4 is 22.7 Å². The van der Waals surface area contributed by atoms with Crippen LogP contribution in [0, 0.1) is 6.92 Å². The van der Waals surface area contributed by atoms with Gasteiger partial charge in [-0.3, -0.25) is 4.79 Å². The van der Waals surface area contributed by atoms with E-state index in [2.05, 4.69) is 10.3 Å².